The molecule has 0 fully saturated rings. The van der Waals surface area contributed by atoms with E-state index in [1.807, 2.05) is 0 Å². The number of H-pyrrole nitrogens is 1. The van der Waals surface area contributed by atoms with Gasteiger partial charge in [0.05, 0.1) is 6.61 Å². The van der Waals surface area contributed by atoms with Gasteiger partial charge in [-0.1, -0.05) is 0 Å². The molecule has 0 amide bonds. The number of aromatic amines is 1. The molecule has 0 spiro atoms. The van der Waals surface area contributed by atoms with Gasteiger partial charge in [0.25, 0.3) is 5.56 Å². The van der Waals surface area contributed by atoms with Crippen molar-refractivity contribution in [3.05, 3.63) is 27.7 Å². The Kier molecular flexibility index (Phi) is 4.54. The van der Waals surface area contributed by atoms with Gasteiger partial charge in [-0.2, -0.15) is 13.2 Å². The molecule has 0 saturated heterocycles. The molecule has 5 nitrogen and oxygen atoms in total. The molecule has 0 bridgehead atoms. The number of rotatable bonds is 3. The monoisotopic (exact) mass is 319 g/mol. The minimum Gasteiger partial charge on any atom is -0.462 e. The van der Waals surface area contributed by atoms with Crippen molar-refractivity contribution in [2.24, 2.45) is 0 Å². The molecule has 1 N–H and O–H groups in total. The molecule has 118 valence electrons. The van der Waals surface area contributed by atoms with Crippen molar-refractivity contribution in [3.8, 4) is 5.75 Å². The summed E-state index contributed by atoms with van der Waals surface area (Å²) < 4.78 is 81.5. The van der Waals surface area contributed by atoms with E-state index in [1.54, 1.807) is 0 Å². The van der Waals surface area contributed by atoms with E-state index < -0.39 is 41.1 Å². The predicted molar refractivity (Wildman–Crippen MR) is 54.7 cm³/mol. The van der Waals surface area contributed by atoms with Crippen molar-refractivity contribution >= 4 is 5.97 Å². The van der Waals surface area contributed by atoms with Crippen LogP contribution in [0.4, 0.5) is 26.3 Å². The maximum absolute atomic E-state index is 12.6. The van der Waals surface area contributed by atoms with Crippen molar-refractivity contribution in [3.63, 3.8) is 0 Å². The van der Waals surface area contributed by atoms with E-state index in [2.05, 4.69) is 9.47 Å². The van der Waals surface area contributed by atoms with Crippen molar-refractivity contribution in [1.82, 2.24) is 4.98 Å². The summed E-state index contributed by atoms with van der Waals surface area (Å²) in [6.07, 6.45) is -10.8. The van der Waals surface area contributed by atoms with Crippen molar-refractivity contribution in [2.75, 3.05) is 6.61 Å². The molecule has 0 aliphatic rings. The van der Waals surface area contributed by atoms with E-state index in [-0.39, 0.29) is 12.7 Å². The standard InChI is InChI=1S/C10H7F6NO4/c1-2-20-8(19)4-3-5(21-10(14,15)16)6(9(11,12)13)17-7(4)18/h3H,2H2,1H3,(H,17,18). The average molecular weight is 319 g/mol. The molecule has 0 radical (unpaired) electrons. The van der Waals surface area contributed by atoms with Gasteiger partial charge >= 0.3 is 18.5 Å². The van der Waals surface area contributed by atoms with Crippen LogP contribution in [0.3, 0.4) is 0 Å². The summed E-state index contributed by atoms with van der Waals surface area (Å²) >= 11 is 0. The minimum atomic E-state index is -5.44. The largest absolute Gasteiger partial charge is 0.573 e. The SMILES string of the molecule is CCOC(=O)c1cc(OC(F)(F)F)c(C(F)(F)F)[nH]c1=O. The fourth-order valence-corrected chi connectivity index (χ4v) is 1.29. The number of esters is 1. The average Bonchev–Trinajstić information content (AvgIpc) is 2.28. The topological polar surface area (TPSA) is 68.4 Å². The van der Waals surface area contributed by atoms with E-state index in [0.717, 1.165) is 4.98 Å². The molecule has 0 unspecified atom stereocenters. The maximum atomic E-state index is 12.6. The van der Waals surface area contributed by atoms with Gasteiger partial charge in [0.15, 0.2) is 11.4 Å². The number of aromatic nitrogens is 1. The van der Waals surface area contributed by atoms with Crippen LogP contribution in [-0.4, -0.2) is 23.9 Å². The van der Waals surface area contributed by atoms with Gasteiger partial charge in [0.2, 0.25) is 0 Å². The highest BCUT2D eigenvalue weighted by Crippen LogP contribution is 2.36. The first-order valence-corrected chi connectivity index (χ1v) is 5.23. The van der Waals surface area contributed by atoms with E-state index in [1.165, 1.54) is 6.92 Å². The second-order valence-electron chi connectivity index (χ2n) is 3.52. The number of hydrogen-bond acceptors (Lipinski definition) is 4. The van der Waals surface area contributed by atoms with Gasteiger partial charge < -0.3 is 14.5 Å². The summed E-state index contributed by atoms with van der Waals surface area (Å²) in [7, 11) is 0. The number of ether oxygens (including phenoxy) is 2. The summed E-state index contributed by atoms with van der Waals surface area (Å²) in [4.78, 5) is 23.8. The Labute approximate surface area is 112 Å². The van der Waals surface area contributed by atoms with E-state index in [0.29, 0.717) is 0 Å². The minimum absolute atomic E-state index is 0.0349. The second-order valence-corrected chi connectivity index (χ2v) is 3.52. The lowest BCUT2D eigenvalue weighted by atomic mass is 10.2. The van der Waals surface area contributed by atoms with Crippen LogP contribution >= 0.6 is 0 Å². The summed E-state index contributed by atoms with van der Waals surface area (Å²) in [6.45, 7) is 1.11. The van der Waals surface area contributed by atoms with Crippen LogP contribution in [0.2, 0.25) is 0 Å². The second kappa shape index (κ2) is 5.66. The number of alkyl halides is 6. The van der Waals surface area contributed by atoms with E-state index in [9.17, 15) is 35.9 Å². The lowest BCUT2D eigenvalue weighted by molar-refractivity contribution is -0.276. The van der Waals surface area contributed by atoms with Gasteiger partial charge in [-0.25, -0.2) is 4.79 Å². The van der Waals surface area contributed by atoms with E-state index in [4.69, 9.17) is 0 Å². The van der Waals surface area contributed by atoms with Crippen molar-refractivity contribution < 1.29 is 40.6 Å². The number of nitrogens with one attached hydrogen (secondary N) is 1. The Morgan fingerprint density at radius 2 is 1.81 bits per heavy atom. The third-order valence-corrected chi connectivity index (χ3v) is 2.01. The third kappa shape index (κ3) is 4.39. The maximum Gasteiger partial charge on any atom is 0.573 e. The highest BCUT2D eigenvalue weighted by molar-refractivity contribution is 5.89. The smallest absolute Gasteiger partial charge is 0.462 e. The molecule has 0 aliphatic carbocycles. The first-order chi connectivity index (χ1) is 9.45. The summed E-state index contributed by atoms with van der Waals surface area (Å²) in [6, 6.07) is 0.0349. The normalized spacial score (nSPS) is 12.1. The molecule has 1 aromatic rings. The van der Waals surface area contributed by atoms with Gasteiger partial charge in [-0.15, -0.1) is 13.2 Å². The van der Waals surface area contributed by atoms with Crippen molar-refractivity contribution in [1.29, 1.82) is 0 Å². The molecule has 21 heavy (non-hydrogen) atoms. The fraction of sp³-hybridized carbons (Fsp3) is 0.400. The van der Waals surface area contributed by atoms with Gasteiger partial charge in [0, 0.05) is 6.07 Å². The highest BCUT2D eigenvalue weighted by Gasteiger charge is 2.41. The molecule has 1 heterocycles. The van der Waals surface area contributed by atoms with Crippen LogP contribution < -0.4 is 10.3 Å². The van der Waals surface area contributed by atoms with Gasteiger partial charge in [0.1, 0.15) is 5.56 Å². The first-order valence-electron chi connectivity index (χ1n) is 5.23. The summed E-state index contributed by atoms with van der Waals surface area (Å²) in [5, 5.41) is 0. The predicted octanol–water partition coefficient (Wildman–Crippen LogP) is 2.47. The number of carbonyl (C=O) groups is 1. The number of pyridine rings is 1. The molecule has 1 rings (SSSR count). The molecule has 1 aromatic heterocycles. The number of halogens is 6. The molecular weight excluding hydrogens is 312 g/mol. The molecule has 0 atom stereocenters. The van der Waals surface area contributed by atoms with Crippen LogP contribution in [-0.2, 0) is 10.9 Å². The zero-order valence-electron chi connectivity index (χ0n) is 10.2. The molecule has 0 saturated carbocycles. The molecule has 11 heteroatoms. The van der Waals surface area contributed by atoms with Crippen LogP contribution in [0, 0.1) is 0 Å². The van der Waals surface area contributed by atoms with Crippen molar-refractivity contribution in [2.45, 2.75) is 19.5 Å². The lowest BCUT2D eigenvalue weighted by Gasteiger charge is -2.15. The Balaban J connectivity index is 3.45. The Morgan fingerprint density at radius 1 is 1.24 bits per heavy atom. The number of hydrogen-bond donors (Lipinski definition) is 1. The van der Waals surface area contributed by atoms with Gasteiger partial charge in [-0.05, 0) is 6.92 Å². The Hall–Kier alpha value is -2.20. The van der Waals surface area contributed by atoms with Gasteiger partial charge in [-0.3, -0.25) is 4.79 Å². The molecular formula is C10H7F6NO4. The lowest BCUT2D eigenvalue weighted by Crippen LogP contribution is -2.27. The molecule has 0 aliphatic heterocycles. The zero-order chi connectivity index (χ0) is 16.4. The number of carbonyl (C=O) groups excluding carboxylic acids is 1. The first kappa shape index (κ1) is 16.9. The van der Waals surface area contributed by atoms with Crippen LogP contribution in [0.15, 0.2) is 10.9 Å². The zero-order valence-corrected chi connectivity index (χ0v) is 10.2. The van der Waals surface area contributed by atoms with Crippen LogP contribution in [0.1, 0.15) is 23.0 Å². The highest BCUT2D eigenvalue weighted by atomic mass is 19.4. The van der Waals surface area contributed by atoms with E-state index >= 15 is 0 Å². The third-order valence-electron chi connectivity index (χ3n) is 2.01. The quantitative estimate of drug-likeness (QED) is 0.686. The van der Waals surface area contributed by atoms with Crippen LogP contribution in [0.25, 0.3) is 0 Å². The summed E-state index contributed by atoms with van der Waals surface area (Å²) in [5.74, 6) is -3.13. The fourth-order valence-electron chi connectivity index (χ4n) is 1.29. The molecule has 0 aromatic carbocycles. The Morgan fingerprint density at radius 3 is 2.24 bits per heavy atom. The Bertz CT molecular complexity index is 589. The van der Waals surface area contributed by atoms with Crippen LogP contribution in [0.5, 0.6) is 5.75 Å². The summed E-state index contributed by atoms with van der Waals surface area (Å²) in [5.41, 5.74) is -4.64.